The molecule has 5 nitrogen and oxygen atoms in total. The molecule has 0 aliphatic heterocycles. The number of pyridine rings is 1. The van der Waals surface area contributed by atoms with Crippen LogP contribution in [0, 0.1) is 5.92 Å². The SMILES string of the molecule is CC(C)[C@H](C)NC(=O)COC(=O)c1nc(Cl)ccc1Cl. The maximum absolute atomic E-state index is 11.7. The molecule has 1 aromatic rings. The Morgan fingerprint density at radius 2 is 1.95 bits per heavy atom. The topological polar surface area (TPSA) is 68.3 Å². The number of hydrogen-bond acceptors (Lipinski definition) is 4. The maximum Gasteiger partial charge on any atom is 0.359 e. The minimum absolute atomic E-state index is 0.00548. The molecule has 1 aromatic heterocycles. The molecule has 7 heteroatoms. The molecule has 0 bridgehead atoms. The van der Waals surface area contributed by atoms with Gasteiger partial charge < -0.3 is 10.1 Å². The van der Waals surface area contributed by atoms with E-state index in [0.717, 1.165) is 0 Å². The van der Waals surface area contributed by atoms with Crippen molar-refractivity contribution in [2.24, 2.45) is 5.92 Å². The predicted octanol–water partition coefficient (Wildman–Crippen LogP) is 2.71. The predicted molar refractivity (Wildman–Crippen MR) is 77.0 cm³/mol. The van der Waals surface area contributed by atoms with Crippen LogP contribution in [0.1, 0.15) is 31.3 Å². The first-order valence-electron chi connectivity index (χ1n) is 6.09. The van der Waals surface area contributed by atoms with Crippen molar-refractivity contribution in [3.05, 3.63) is 28.0 Å². The lowest BCUT2D eigenvalue weighted by Crippen LogP contribution is -2.38. The van der Waals surface area contributed by atoms with Crippen LogP contribution < -0.4 is 5.32 Å². The molecule has 0 radical (unpaired) electrons. The minimum Gasteiger partial charge on any atom is -0.451 e. The minimum atomic E-state index is -0.787. The number of rotatable bonds is 5. The first kappa shape index (κ1) is 16.7. The van der Waals surface area contributed by atoms with Gasteiger partial charge in [0.05, 0.1) is 5.02 Å². The van der Waals surface area contributed by atoms with Gasteiger partial charge in [-0.05, 0) is 25.0 Å². The van der Waals surface area contributed by atoms with Crippen LogP contribution in [0.2, 0.25) is 10.2 Å². The second kappa shape index (κ2) is 7.45. The van der Waals surface area contributed by atoms with Crippen molar-refractivity contribution in [1.82, 2.24) is 10.3 Å². The van der Waals surface area contributed by atoms with Gasteiger partial charge in [0, 0.05) is 6.04 Å². The summed E-state index contributed by atoms with van der Waals surface area (Å²) in [5, 5.41) is 2.96. The largest absolute Gasteiger partial charge is 0.451 e. The zero-order chi connectivity index (χ0) is 15.3. The molecule has 1 amide bonds. The molecule has 1 rings (SSSR count). The Hall–Kier alpha value is -1.33. The molecular formula is C13H16Cl2N2O3. The Morgan fingerprint density at radius 3 is 2.55 bits per heavy atom. The van der Waals surface area contributed by atoms with Crippen molar-refractivity contribution in [3.63, 3.8) is 0 Å². The lowest BCUT2D eigenvalue weighted by atomic mass is 10.1. The highest BCUT2D eigenvalue weighted by Crippen LogP contribution is 2.17. The third kappa shape index (κ3) is 4.98. The molecule has 1 N–H and O–H groups in total. The number of hydrogen-bond donors (Lipinski definition) is 1. The summed E-state index contributed by atoms with van der Waals surface area (Å²) >= 11 is 11.5. The highest BCUT2D eigenvalue weighted by Gasteiger charge is 2.17. The van der Waals surface area contributed by atoms with Gasteiger partial charge in [0.15, 0.2) is 12.3 Å². The third-order valence-corrected chi connectivity index (χ3v) is 3.24. The van der Waals surface area contributed by atoms with Crippen LogP contribution in [0.4, 0.5) is 0 Å². The van der Waals surface area contributed by atoms with Gasteiger partial charge in [0.25, 0.3) is 5.91 Å². The Labute approximate surface area is 127 Å². The number of esters is 1. The molecule has 0 saturated heterocycles. The van der Waals surface area contributed by atoms with Crippen molar-refractivity contribution in [2.75, 3.05) is 6.61 Å². The number of amides is 1. The average Bonchev–Trinajstić information content (AvgIpc) is 2.38. The third-order valence-electron chi connectivity index (χ3n) is 2.73. The summed E-state index contributed by atoms with van der Waals surface area (Å²) < 4.78 is 4.85. The summed E-state index contributed by atoms with van der Waals surface area (Å²) in [5.41, 5.74) is -0.108. The van der Waals surface area contributed by atoms with E-state index in [1.54, 1.807) is 0 Å². The Balaban J connectivity index is 2.55. The molecular weight excluding hydrogens is 303 g/mol. The van der Waals surface area contributed by atoms with Gasteiger partial charge >= 0.3 is 5.97 Å². The molecule has 0 saturated carbocycles. The molecule has 0 aliphatic rings. The molecule has 0 spiro atoms. The van der Waals surface area contributed by atoms with Gasteiger partial charge in [-0.3, -0.25) is 4.79 Å². The zero-order valence-corrected chi connectivity index (χ0v) is 13.0. The lowest BCUT2D eigenvalue weighted by molar-refractivity contribution is -0.125. The number of nitrogens with zero attached hydrogens (tertiary/aromatic N) is 1. The lowest BCUT2D eigenvalue weighted by Gasteiger charge is -2.17. The van der Waals surface area contributed by atoms with Gasteiger partial charge in [-0.25, -0.2) is 9.78 Å². The quantitative estimate of drug-likeness (QED) is 0.669. The molecule has 1 heterocycles. The smallest absolute Gasteiger partial charge is 0.359 e. The number of ether oxygens (including phenoxy) is 1. The summed E-state index contributed by atoms with van der Waals surface area (Å²) in [6.07, 6.45) is 0. The highest BCUT2D eigenvalue weighted by molar-refractivity contribution is 6.34. The van der Waals surface area contributed by atoms with Gasteiger partial charge in [-0.15, -0.1) is 0 Å². The molecule has 0 fully saturated rings. The van der Waals surface area contributed by atoms with Gasteiger partial charge in [-0.1, -0.05) is 37.0 Å². The zero-order valence-electron chi connectivity index (χ0n) is 11.4. The van der Waals surface area contributed by atoms with E-state index >= 15 is 0 Å². The van der Waals surface area contributed by atoms with Crippen molar-refractivity contribution in [3.8, 4) is 0 Å². The molecule has 0 unspecified atom stereocenters. The number of aromatic nitrogens is 1. The summed E-state index contributed by atoms with van der Waals surface area (Å²) in [6.45, 7) is 5.44. The van der Waals surface area contributed by atoms with Gasteiger partial charge in [0.1, 0.15) is 5.15 Å². The Morgan fingerprint density at radius 1 is 1.30 bits per heavy atom. The second-order valence-electron chi connectivity index (χ2n) is 4.64. The number of carbonyl (C=O) groups is 2. The monoisotopic (exact) mass is 318 g/mol. The van der Waals surface area contributed by atoms with Gasteiger partial charge in [-0.2, -0.15) is 0 Å². The van der Waals surface area contributed by atoms with Crippen molar-refractivity contribution >= 4 is 35.1 Å². The van der Waals surface area contributed by atoms with E-state index < -0.39 is 5.97 Å². The fraction of sp³-hybridized carbons (Fsp3) is 0.462. The van der Waals surface area contributed by atoms with E-state index in [0.29, 0.717) is 5.92 Å². The summed E-state index contributed by atoms with van der Waals surface area (Å²) in [5.74, 6) is -0.874. The van der Waals surface area contributed by atoms with E-state index in [4.69, 9.17) is 27.9 Å². The van der Waals surface area contributed by atoms with E-state index in [1.165, 1.54) is 12.1 Å². The number of carbonyl (C=O) groups excluding carboxylic acids is 2. The van der Waals surface area contributed by atoms with E-state index in [1.807, 2.05) is 20.8 Å². The van der Waals surface area contributed by atoms with Crippen LogP contribution in [0.15, 0.2) is 12.1 Å². The number of nitrogens with one attached hydrogen (secondary N) is 1. The van der Waals surface area contributed by atoms with Crippen LogP contribution in [0.3, 0.4) is 0 Å². The van der Waals surface area contributed by atoms with E-state index in [2.05, 4.69) is 10.3 Å². The van der Waals surface area contributed by atoms with Crippen LogP contribution in [0.5, 0.6) is 0 Å². The molecule has 0 aliphatic carbocycles. The molecule has 1 atom stereocenters. The molecule has 110 valence electrons. The van der Waals surface area contributed by atoms with E-state index in [-0.39, 0.29) is 34.4 Å². The van der Waals surface area contributed by atoms with E-state index in [9.17, 15) is 9.59 Å². The van der Waals surface area contributed by atoms with Gasteiger partial charge in [0.2, 0.25) is 0 Å². The van der Waals surface area contributed by atoms with Crippen molar-refractivity contribution in [1.29, 1.82) is 0 Å². The highest BCUT2D eigenvalue weighted by atomic mass is 35.5. The second-order valence-corrected chi connectivity index (χ2v) is 5.44. The summed E-state index contributed by atoms with van der Waals surface area (Å²) in [6, 6.07) is 2.89. The number of halogens is 2. The van der Waals surface area contributed by atoms with Crippen molar-refractivity contribution in [2.45, 2.75) is 26.8 Å². The maximum atomic E-state index is 11.7. The average molecular weight is 319 g/mol. The van der Waals surface area contributed by atoms with Crippen LogP contribution in [0.25, 0.3) is 0 Å². The standard InChI is InChI=1S/C13H16Cl2N2O3/c1-7(2)8(3)16-11(18)6-20-13(19)12-9(14)4-5-10(15)17-12/h4-5,7-8H,6H2,1-3H3,(H,16,18)/t8-/m0/s1. The van der Waals surface area contributed by atoms with Crippen LogP contribution >= 0.6 is 23.2 Å². The fourth-order valence-corrected chi connectivity index (χ4v) is 1.55. The molecule has 20 heavy (non-hydrogen) atoms. The fourth-order valence-electron chi connectivity index (χ4n) is 1.22. The summed E-state index contributed by atoms with van der Waals surface area (Å²) in [4.78, 5) is 27.1. The first-order valence-corrected chi connectivity index (χ1v) is 6.85. The first-order chi connectivity index (χ1) is 9.31. The molecule has 0 aromatic carbocycles. The summed E-state index contributed by atoms with van der Waals surface area (Å²) in [7, 11) is 0. The van der Waals surface area contributed by atoms with Crippen LogP contribution in [-0.4, -0.2) is 29.5 Å². The Bertz CT molecular complexity index is 506. The normalized spacial score (nSPS) is 12.1. The van der Waals surface area contributed by atoms with Crippen LogP contribution in [-0.2, 0) is 9.53 Å². The van der Waals surface area contributed by atoms with Crippen molar-refractivity contribution < 1.29 is 14.3 Å². The Kier molecular flexibility index (Phi) is 6.23.